The highest BCUT2D eigenvalue weighted by Gasteiger charge is 2.51. The molecule has 5 rings (SSSR count). The third kappa shape index (κ3) is 3.12. The van der Waals surface area contributed by atoms with Crippen molar-refractivity contribution in [3.05, 3.63) is 36.3 Å². The molecular formula is C22H30BN3O2. The second-order valence-electron chi connectivity index (χ2n) is 9.72. The molecule has 148 valence electrons. The van der Waals surface area contributed by atoms with E-state index in [9.17, 15) is 0 Å². The lowest BCUT2D eigenvalue weighted by molar-refractivity contribution is 0.00578. The largest absolute Gasteiger partial charge is 0.494 e. The van der Waals surface area contributed by atoms with Gasteiger partial charge < -0.3 is 19.6 Å². The van der Waals surface area contributed by atoms with E-state index >= 15 is 0 Å². The summed E-state index contributed by atoms with van der Waals surface area (Å²) in [5, 5.41) is 3.76. The fourth-order valence-corrected chi connectivity index (χ4v) is 4.78. The van der Waals surface area contributed by atoms with Gasteiger partial charge >= 0.3 is 7.12 Å². The van der Waals surface area contributed by atoms with Crippen molar-refractivity contribution in [3.8, 4) is 11.3 Å². The van der Waals surface area contributed by atoms with Gasteiger partial charge in [-0.1, -0.05) is 24.3 Å². The van der Waals surface area contributed by atoms with Crippen LogP contribution in [-0.4, -0.2) is 34.3 Å². The van der Waals surface area contributed by atoms with Crippen LogP contribution < -0.4 is 10.8 Å². The number of aromatic amines is 1. The molecule has 3 fully saturated rings. The SMILES string of the molecule is CC1(C)OB(c2ccc(-c3cnc(C4CC5CCC(C5)N4)[nH]3)cc2)OC1(C)C. The molecule has 3 unspecified atom stereocenters. The highest BCUT2D eigenvalue weighted by Crippen LogP contribution is 2.39. The molecule has 2 bridgehead atoms. The molecule has 0 amide bonds. The van der Waals surface area contributed by atoms with Crippen molar-refractivity contribution >= 4 is 12.6 Å². The van der Waals surface area contributed by atoms with Gasteiger partial charge in [0.25, 0.3) is 0 Å². The Bertz CT molecular complexity index is 833. The molecule has 1 saturated carbocycles. The van der Waals surface area contributed by atoms with Crippen LogP contribution in [0.5, 0.6) is 0 Å². The Morgan fingerprint density at radius 3 is 2.39 bits per heavy atom. The third-order valence-corrected chi connectivity index (χ3v) is 7.22. The summed E-state index contributed by atoms with van der Waals surface area (Å²) in [6.45, 7) is 8.33. The summed E-state index contributed by atoms with van der Waals surface area (Å²) in [6.07, 6.45) is 7.17. The van der Waals surface area contributed by atoms with Gasteiger partial charge in [0.2, 0.25) is 0 Å². The average Bonchev–Trinajstić information content (AvgIpc) is 3.32. The van der Waals surface area contributed by atoms with E-state index in [0.717, 1.165) is 28.5 Å². The van der Waals surface area contributed by atoms with Crippen LogP contribution in [0.3, 0.4) is 0 Å². The summed E-state index contributed by atoms with van der Waals surface area (Å²) in [6, 6.07) is 9.47. The quantitative estimate of drug-likeness (QED) is 0.801. The standard InChI is InChI=1S/C22H30BN3O2/c1-21(2)22(3,4)28-23(27-21)16-8-6-15(7-9-16)19-13-24-20(26-19)18-12-14-5-10-17(11-14)25-18/h6-9,13-14,17-18,25H,5,10-12H2,1-4H3,(H,24,26). The molecule has 1 aromatic carbocycles. The maximum absolute atomic E-state index is 6.15. The van der Waals surface area contributed by atoms with Crippen LogP contribution in [0.1, 0.15) is 65.2 Å². The van der Waals surface area contributed by atoms with Crippen molar-refractivity contribution in [1.82, 2.24) is 15.3 Å². The lowest BCUT2D eigenvalue weighted by atomic mass is 9.79. The molecule has 2 saturated heterocycles. The Kier molecular flexibility index (Phi) is 4.24. The highest BCUT2D eigenvalue weighted by atomic mass is 16.7. The third-order valence-electron chi connectivity index (χ3n) is 7.22. The van der Waals surface area contributed by atoms with Crippen LogP contribution in [0.4, 0.5) is 0 Å². The van der Waals surface area contributed by atoms with E-state index in [2.05, 4.69) is 67.2 Å². The first-order chi connectivity index (χ1) is 13.3. The first kappa shape index (κ1) is 18.4. The summed E-state index contributed by atoms with van der Waals surface area (Å²) >= 11 is 0. The number of imidazole rings is 1. The molecule has 3 atom stereocenters. The summed E-state index contributed by atoms with van der Waals surface area (Å²) < 4.78 is 12.3. The minimum absolute atomic E-state index is 0.318. The minimum Gasteiger partial charge on any atom is -0.399 e. The first-order valence-electron chi connectivity index (χ1n) is 10.6. The smallest absolute Gasteiger partial charge is 0.399 e. The van der Waals surface area contributed by atoms with E-state index in [1.54, 1.807) is 0 Å². The average molecular weight is 379 g/mol. The monoisotopic (exact) mass is 379 g/mol. The molecule has 5 nitrogen and oxygen atoms in total. The topological polar surface area (TPSA) is 59.2 Å². The number of rotatable bonds is 3. The van der Waals surface area contributed by atoms with Gasteiger partial charge in [0.05, 0.1) is 29.1 Å². The Morgan fingerprint density at radius 1 is 1.00 bits per heavy atom. The first-order valence-corrected chi connectivity index (χ1v) is 10.6. The number of benzene rings is 1. The second-order valence-corrected chi connectivity index (χ2v) is 9.72. The van der Waals surface area contributed by atoms with E-state index < -0.39 is 0 Å². The molecule has 28 heavy (non-hydrogen) atoms. The molecule has 0 radical (unpaired) electrons. The van der Waals surface area contributed by atoms with Crippen molar-refractivity contribution in [3.63, 3.8) is 0 Å². The van der Waals surface area contributed by atoms with Gasteiger partial charge in [-0.2, -0.15) is 0 Å². The molecule has 3 heterocycles. The zero-order valence-corrected chi connectivity index (χ0v) is 17.3. The van der Waals surface area contributed by atoms with Crippen LogP contribution in [0.25, 0.3) is 11.3 Å². The summed E-state index contributed by atoms with van der Waals surface area (Å²) in [5.74, 6) is 1.94. The minimum atomic E-state index is -0.321. The van der Waals surface area contributed by atoms with Gasteiger partial charge in [0.1, 0.15) is 5.82 Å². The Morgan fingerprint density at radius 2 is 1.71 bits per heavy atom. The number of hydrogen-bond donors (Lipinski definition) is 2. The number of fused-ring (bicyclic) bond motifs is 2. The Balaban J connectivity index is 1.31. The second kappa shape index (κ2) is 6.44. The predicted molar refractivity (Wildman–Crippen MR) is 111 cm³/mol. The maximum Gasteiger partial charge on any atom is 0.494 e. The van der Waals surface area contributed by atoms with Crippen molar-refractivity contribution in [2.45, 2.75) is 76.7 Å². The summed E-state index contributed by atoms with van der Waals surface area (Å²) in [7, 11) is -0.321. The summed E-state index contributed by atoms with van der Waals surface area (Å²) in [4.78, 5) is 8.23. The number of piperidine rings is 1. The van der Waals surface area contributed by atoms with Gasteiger partial charge in [-0.05, 0) is 70.3 Å². The number of nitrogens with zero attached hydrogens (tertiary/aromatic N) is 1. The molecule has 6 heteroatoms. The maximum atomic E-state index is 6.15. The predicted octanol–water partition coefficient (Wildman–Crippen LogP) is 3.58. The van der Waals surface area contributed by atoms with E-state index in [4.69, 9.17) is 9.31 Å². The van der Waals surface area contributed by atoms with Gasteiger partial charge in [-0.25, -0.2) is 4.98 Å². The van der Waals surface area contributed by atoms with Crippen LogP contribution in [0.2, 0.25) is 0 Å². The zero-order chi connectivity index (χ0) is 19.5. The zero-order valence-electron chi connectivity index (χ0n) is 17.3. The van der Waals surface area contributed by atoms with Gasteiger partial charge in [0, 0.05) is 6.04 Å². The molecule has 1 aliphatic carbocycles. The van der Waals surface area contributed by atoms with Crippen molar-refractivity contribution < 1.29 is 9.31 Å². The molecule has 0 spiro atoms. The van der Waals surface area contributed by atoms with Crippen LogP contribution in [0.15, 0.2) is 30.5 Å². The molecule has 2 aromatic rings. The van der Waals surface area contributed by atoms with E-state index in [1.807, 2.05) is 6.20 Å². The van der Waals surface area contributed by atoms with Crippen LogP contribution >= 0.6 is 0 Å². The highest BCUT2D eigenvalue weighted by molar-refractivity contribution is 6.62. The fraction of sp³-hybridized carbons (Fsp3) is 0.591. The number of hydrogen-bond acceptors (Lipinski definition) is 4. The van der Waals surface area contributed by atoms with Crippen molar-refractivity contribution in [1.29, 1.82) is 0 Å². The van der Waals surface area contributed by atoms with Gasteiger partial charge in [-0.3, -0.25) is 0 Å². The fourth-order valence-electron chi connectivity index (χ4n) is 4.78. The normalized spacial score (nSPS) is 30.7. The van der Waals surface area contributed by atoms with E-state index in [0.29, 0.717) is 12.1 Å². The molecular weight excluding hydrogens is 349 g/mol. The van der Waals surface area contributed by atoms with E-state index in [1.165, 1.54) is 25.7 Å². The van der Waals surface area contributed by atoms with Crippen LogP contribution in [-0.2, 0) is 9.31 Å². The van der Waals surface area contributed by atoms with Gasteiger partial charge in [0.15, 0.2) is 0 Å². The molecule has 1 aromatic heterocycles. The number of aromatic nitrogens is 2. The number of nitrogens with one attached hydrogen (secondary N) is 2. The van der Waals surface area contributed by atoms with E-state index in [-0.39, 0.29) is 18.3 Å². The molecule has 3 aliphatic rings. The Hall–Kier alpha value is -1.63. The lowest BCUT2D eigenvalue weighted by Gasteiger charge is -2.32. The van der Waals surface area contributed by atoms with Crippen LogP contribution in [0, 0.1) is 5.92 Å². The van der Waals surface area contributed by atoms with Crippen molar-refractivity contribution in [2.24, 2.45) is 5.92 Å². The van der Waals surface area contributed by atoms with Crippen molar-refractivity contribution in [2.75, 3.05) is 0 Å². The lowest BCUT2D eigenvalue weighted by Crippen LogP contribution is -2.41. The summed E-state index contributed by atoms with van der Waals surface area (Å²) in [5.41, 5.74) is 2.61. The number of H-pyrrole nitrogens is 1. The van der Waals surface area contributed by atoms with Gasteiger partial charge in [-0.15, -0.1) is 0 Å². The molecule has 2 N–H and O–H groups in total. The molecule has 2 aliphatic heterocycles. The Labute approximate surface area is 167 Å².